The van der Waals surface area contributed by atoms with Gasteiger partial charge in [0.25, 0.3) is 11.8 Å². The Morgan fingerprint density at radius 3 is 2.29 bits per heavy atom. The van der Waals surface area contributed by atoms with Crippen LogP contribution in [0.2, 0.25) is 0 Å². The van der Waals surface area contributed by atoms with Crippen LogP contribution in [0.1, 0.15) is 26.3 Å². The normalized spacial score (nSPS) is 14.2. The molecular formula is C22H22ClNO4. The maximum Gasteiger partial charge on any atom is 0.277 e. The molecule has 2 aromatic carbocycles. The largest absolute Gasteiger partial charge is 0.493 e. The van der Waals surface area contributed by atoms with Gasteiger partial charge >= 0.3 is 0 Å². The minimum Gasteiger partial charge on any atom is -0.493 e. The van der Waals surface area contributed by atoms with E-state index in [0.29, 0.717) is 41.9 Å². The second-order valence-electron chi connectivity index (χ2n) is 6.76. The predicted molar refractivity (Wildman–Crippen MR) is 110 cm³/mol. The fourth-order valence-corrected chi connectivity index (χ4v) is 3.15. The number of hydrogen-bond donors (Lipinski definition) is 0. The molecule has 1 aliphatic heterocycles. The van der Waals surface area contributed by atoms with Crippen LogP contribution in [-0.2, 0) is 9.59 Å². The van der Waals surface area contributed by atoms with E-state index in [4.69, 9.17) is 21.1 Å². The van der Waals surface area contributed by atoms with Crippen molar-refractivity contribution in [3.63, 3.8) is 0 Å². The summed E-state index contributed by atoms with van der Waals surface area (Å²) in [6, 6.07) is 13.9. The molecule has 6 heteroatoms. The van der Waals surface area contributed by atoms with Gasteiger partial charge in [-0.05, 0) is 42.7 Å². The molecule has 2 amide bonds. The summed E-state index contributed by atoms with van der Waals surface area (Å²) in [5.41, 5.74) is 1.12. The minimum atomic E-state index is -0.561. The number of rotatable bonds is 7. The second kappa shape index (κ2) is 8.48. The van der Waals surface area contributed by atoms with E-state index < -0.39 is 11.8 Å². The summed E-state index contributed by atoms with van der Waals surface area (Å²) in [4.78, 5) is 26.9. The van der Waals surface area contributed by atoms with E-state index in [9.17, 15) is 9.59 Å². The molecule has 3 rings (SSSR count). The average Bonchev–Trinajstić information content (AvgIpc) is 2.90. The minimum absolute atomic E-state index is 0.104. The van der Waals surface area contributed by atoms with Crippen LogP contribution in [0.15, 0.2) is 53.6 Å². The van der Waals surface area contributed by atoms with Crippen molar-refractivity contribution in [3.05, 3.63) is 59.1 Å². The van der Waals surface area contributed by atoms with Crippen molar-refractivity contribution in [2.24, 2.45) is 5.92 Å². The Bertz CT molecular complexity index is 918. The first-order chi connectivity index (χ1) is 13.4. The molecule has 1 heterocycles. The summed E-state index contributed by atoms with van der Waals surface area (Å²) < 4.78 is 11.2. The molecule has 0 bridgehead atoms. The Kier molecular flexibility index (Phi) is 6.05. The lowest BCUT2D eigenvalue weighted by Crippen LogP contribution is -2.31. The third-order valence-electron chi connectivity index (χ3n) is 4.16. The van der Waals surface area contributed by atoms with Gasteiger partial charge in [-0.2, -0.15) is 0 Å². The average molecular weight is 400 g/mol. The molecule has 28 heavy (non-hydrogen) atoms. The monoisotopic (exact) mass is 399 g/mol. The number of hydrogen-bond acceptors (Lipinski definition) is 4. The molecule has 0 fully saturated rings. The fourth-order valence-electron chi connectivity index (χ4n) is 2.87. The highest BCUT2D eigenvalue weighted by atomic mass is 35.5. The molecule has 146 valence electrons. The van der Waals surface area contributed by atoms with Crippen molar-refractivity contribution in [2.75, 3.05) is 18.1 Å². The molecule has 5 nitrogen and oxygen atoms in total. The van der Waals surface area contributed by atoms with Gasteiger partial charge in [0.2, 0.25) is 0 Å². The van der Waals surface area contributed by atoms with E-state index in [1.54, 1.807) is 48.5 Å². The Morgan fingerprint density at radius 1 is 0.964 bits per heavy atom. The van der Waals surface area contributed by atoms with Crippen LogP contribution in [0.3, 0.4) is 0 Å². The van der Waals surface area contributed by atoms with Gasteiger partial charge in [0.15, 0.2) is 0 Å². The van der Waals surface area contributed by atoms with Crippen molar-refractivity contribution in [1.29, 1.82) is 0 Å². The van der Waals surface area contributed by atoms with Crippen molar-refractivity contribution in [2.45, 2.75) is 20.8 Å². The van der Waals surface area contributed by atoms with Crippen LogP contribution in [-0.4, -0.2) is 25.0 Å². The van der Waals surface area contributed by atoms with Crippen LogP contribution in [0.5, 0.6) is 11.5 Å². The first-order valence-corrected chi connectivity index (χ1v) is 9.55. The number of benzene rings is 2. The number of halogens is 1. The summed E-state index contributed by atoms with van der Waals surface area (Å²) in [5.74, 6) is 0.524. The van der Waals surface area contributed by atoms with Gasteiger partial charge < -0.3 is 9.47 Å². The van der Waals surface area contributed by atoms with Gasteiger partial charge in [-0.1, -0.05) is 49.7 Å². The lowest BCUT2D eigenvalue weighted by atomic mass is 10.1. The highest BCUT2D eigenvalue weighted by Gasteiger charge is 2.40. The van der Waals surface area contributed by atoms with Gasteiger partial charge in [0.05, 0.1) is 24.5 Å². The van der Waals surface area contributed by atoms with E-state index in [0.717, 1.165) is 4.90 Å². The Morgan fingerprint density at radius 2 is 1.64 bits per heavy atom. The number of carbonyl (C=O) groups excluding carboxylic acids is 2. The predicted octanol–water partition coefficient (Wildman–Crippen LogP) is 4.64. The zero-order chi connectivity index (χ0) is 20.3. The zero-order valence-electron chi connectivity index (χ0n) is 16.1. The lowest BCUT2D eigenvalue weighted by molar-refractivity contribution is -0.119. The van der Waals surface area contributed by atoms with Crippen LogP contribution in [0, 0.1) is 5.92 Å². The number of ether oxygens (including phenoxy) is 2. The molecular weight excluding hydrogens is 378 g/mol. The van der Waals surface area contributed by atoms with Gasteiger partial charge in [0, 0.05) is 0 Å². The molecule has 0 aromatic heterocycles. The maximum atomic E-state index is 13.1. The van der Waals surface area contributed by atoms with Crippen molar-refractivity contribution in [3.8, 4) is 11.5 Å². The van der Waals surface area contributed by atoms with Gasteiger partial charge in [-0.25, -0.2) is 4.90 Å². The van der Waals surface area contributed by atoms with Crippen LogP contribution in [0.4, 0.5) is 5.69 Å². The molecule has 0 saturated heterocycles. The summed E-state index contributed by atoms with van der Waals surface area (Å²) in [6.07, 6.45) is 0. The van der Waals surface area contributed by atoms with Crippen LogP contribution >= 0.6 is 11.6 Å². The molecule has 0 spiro atoms. The summed E-state index contributed by atoms with van der Waals surface area (Å²) >= 11 is 6.27. The number of amides is 2. The van der Waals surface area contributed by atoms with Gasteiger partial charge in [0.1, 0.15) is 16.5 Å². The first-order valence-electron chi connectivity index (χ1n) is 9.17. The van der Waals surface area contributed by atoms with Crippen molar-refractivity contribution >= 4 is 34.7 Å². The molecule has 1 aliphatic rings. The first kappa shape index (κ1) is 20.0. The van der Waals surface area contributed by atoms with Crippen LogP contribution in [0.25, 0.3) is 5.57 Å². The number of nitrogens with zero attached hydrogens (tertiary/aromatic N) is 1. The van der Waals surface area contributed by atoms with E-state index in [2.05, 4.69) is 13.8 Å². The van der Waals surface area contributed by atoms with E-state index in [-0.39, 0.29) is 10.6 Å². The van der Waals surface area contributed by atoms with E-state index in [1.807, 2.05) is 6.92 Å². The fraction of sp³-hybridized carbons (Fsp3) is 0.273. The molecule has 0 unspecified atom stereocenters. The summed E-state index contributed by atoms with van der Waals surface area (Å²) in [6.45, 7) is 6.98. The third-order valence-corrected chi connectivity index (χ3v) is 4.51. The maximum absolute atomic E-state index is 13.1. The molecule has 0 radical (unpaired) electrons. The summed E-state index contributed by atoms with van der Waals surface area (Å²) in [7, 11) is 0. The Hall–Kier alpha value is -2.79. The SMILES string of the molecule is CCOc1ccccc1N1C(=O)C(Cl)=C(c2ccc(OCC(C)C)cc2)C1=O. The van der Waals surface area contributed by atoms with Gasteiger partial charge in [-0.3, -0.25) is 9.59 Å². The second-order valence-corrected chi connectivity index (χ2v) is 7.14. The van der Waals surface area contributed by atoms with E-state index in [1.165, 1.54) is 0 Å². The highest BCUT2D eigenvalue weighted by Crippen LogP contribution is 2.38. The quantitative estimate of drug-likeness (QED) is 0.636. The standard InChI is InChI=1S/C22H22ClNO4/c1-4-27-18-8-6-5-7-17(18)24-21(25)19(20(23)22(24)26)15-9-11-16(12-10-15)28-13-14(2)3/h5-12,14H,4,13H2,1-3H3. The molecule has 0 atom stereocenters. The number of anilines is 1. The Balaban J connectivity index is 1.90. The van der Waals surface area contributed by atoms with Crippen LogP contribution < -0.4 is 14.4 Å². The smallest absolute Gasteiger partial charge is 0.277 e. The topological polar surface area (TPSA) is 55.8 Å². The molecule has 0 aliphatic carbocycles. The van der Waals surface area contributed by atoms with E-state index >= 15 is 0 Å². The molecule has 0 N–H and O–H groups in total. The Labute approximate surface area is 169 Å². The molecule has 2 aromatic rings. The van der Waals surface area contributed by atoms with Crippen molar-refractivity contribution in [1.82, 2.24) is 0 Å². The zero-order valence-corrected chi connectivity index (χ0v) is 16.8. The van der Waals surface area contributed by atoms with Crippen molar-refractivity contribution < 1.29 is 19.1 Å². The number of carbonyl (C=O) groups is 2. The lowest BCUT2D eigenvalue weighted by Gasteiger charge is -2.18. The van der Waals surface area contributed by atoms with Gasteiger partial charge in [-0.15, -0.1) is 0 Å². The highest BCUT2D eigenvalue weighted by molar-refractivity contribution is 6.60. The molecule has 0 saturated carbocycles. The number of para-hydroxylation sites is 2. The number of imide groups is 1. The summed E-state index contributed by atoms with van der Waals surface area (Å²) in [5, 5.41) is -0.104. The third kappa shape index (κ3) is 3.90.